The number of ether oxygens (including phenoxy) is 1. The molecule has 2 bridgehead atoms. The van der Waals surface area contributed by atoms with Crippen LogP contribution in [-0.2, 0) is 14.4 Å². The maximum absolute atomic E-state index is 13.6. The summed E-state index contributed by atoms with van der Waals surface area (Å²) in [7, 11) is 0. The normalized spacial score (nSPS) is 30.0. The molecule has 4 rings (SSSR count). The molecule has 2 unspecified atom stereocenters. The quantitative estimate of drug-likeness (QED) is 0.504. The third-order valence-electron chi connectivity index (χ3n) is 6.77. The Labute approximate surface area is 198 Å². The monoisotopic (exact) mass is 475 g/mol. The van der Waals surface area contributed by atoms with Gasteiger partial charge in [-0.25, -0.2) is 0 Å². The summed E-state index contributed by atoms with van der Waals surface area (Å²) in [6, 6.07) is 6.52. The number of hydrogen-bond donors (Lipinski definition) is 3. The van der Waals surface area contributed by atoms with Crippen LogP contribution in [0.15, 0.2) is 24.3 Å². The average Bonchev–Trinajstić information content (AvgIpc) is 3.40. The first-order valence-corrected chi connectivity index (χ1v) is 12.6. The summed E-state index contributed by atoms with van der Waals surface area (Å²) in [5, 5.41) is 15.3. The van der Waals surface area contributed by atoms with E-state index >= 15 is 0 Å². The van der Waals surface area contributed by atoms with Crippen molar-refractivity contribution in [3.05, 3.63) is 24.3 Å². The molecule has 9 heteroatoms. The highest BCUT2D eigenvalue weighted by Gasteiger charge is 2.73. The first-order valence-electron chi connectivity index (χ1n) is 11.8. The Kier molecular flexibility index (Phi) is 6.91. The average molecular weight is 476 g/mol. The van der Waals surface area contributed by atoms with Gasteiger partial charge < -0.3 is 25.4 Å². The van der Waals surface area contributed by atoms with Crippen molar-refractivity contribution >= 4 is 35.2 Å². The molecule has 3 aliphatic heterocycles. The van der Waals surface area contributed by atoms with E-state index in [1.165, 1.54) is 0 Å². The van der Waals surface area contributed by atoms with Crippen molar-refractivity contribution < 1.29 is 24.2 Å². The molecule has 8 nitrogen and oxygen atoms in total. The summed E-state index contributed by atoms with van der Waals surface area (Å²) in [5.74, 6) is -0.784. The fraction of sp³-hybridized carbons (Fsp3) is 0.625. The van der Waals surface area contributed by atoms with Crippen LogP contribution in [0.2, 0.25) is 0 Å². The summed E-state index contributed by atoms with van der Waals surface area (Å²) >= 11 is 1.64. The molecular formula is C24H33N3O5S. The summed E-state index contributed by atoms with van der Waals surface area (Å²) < 4.78 is 4.86. The summed E-state index contributed by atoms with van der Waals surface area (Å²) in [6.07, 6.45) is 1.93. The molecule has 33 heavy (non-hydrogen) atoms. The zero-order chi connectivity index (χ0) is 23.8. The number of aliphatic hydroxyl groups is 1. The first-order chi connectivity index (χ1) is 15.8. The van der Waals surface area contributed by atoms with Gasteiger partial charge in [-0.05, 0) is 64.3 Å². The number of aliphatic hydroxyl groups excluding tert-OH is 1. The van der Waals surface area contributed by atoms with Crippen LogP contribution in [0.3, 0.4) is 0 Å². The Morgan fingerprint density at radius 3 is 2.64 bits per heavy atom. The van der Waals surface area contributed by atoms with Crippen LogP contribution < -0.4 is 15.4 Å². The lowest BCUT2D eigenvalue weighted by molar-refractivity contribution is -0.139. The number of amides is 3. The minimum Gasteiger partial charge on any atom is -0.494 e. The minimum absolute atomic E-state index is 0.0102. The van der Waals surface area contributed by atoms with Crippen LogP contribution in [0.1, 0.15) is 40.0 Å². The zero-order valence-electron chi connectivity index (χ0n) is 19.4. The van der Waals surface area contributed by atoms with Gasteiger partial charge in [0.25, 0.3) is 0 Å². The molecule has 1 aromatic rings. The smallest absolute Gasteiger partial charge is 0.244 e. The predicted molar refractivity (Wildman–Crippen MR) is 127 cm³/mol. The van der Waals surface area contributed by atoms with E-state index in [4.69, 9.17) is 4.74 Å². The van der Waals surface area contributed by atoms with E-state index in [0.717, 1.165) is 18.6 Å². The number of carbonyl (C=O) groups is 3. The molecule has 3 N–H and O–H groups in total. The Bertz CT molecular complexity index is 908. The number of hydrogen-bond acceptors (Lipinski definition) is 6. The summed E-state index contributed by atoms with van der Waals surface area (Å²) in [4.78, 5) is 41.9. The second-order valence-corrected chi connectivity index (χ2v) is 10.9. The third kappa shape index (κ3) is 4.21. The fourth-order valence-corrected chi connectivity index (χ4v) is 7.85. The van der Waals surface area contributed by atoms with Crippen LogP contribution >= 0.6 is 11.8 Å². The second kappa shape index (κ2) is 9.54. The van der Waals surface area contributed by atoms with Gasteiger partial charge in [0.05, 0.1) is 23.2 Å². The topological polar surface area (TPSA) is 108 Å². The lowest BCUT2D eigenvalue weighted by Gasteiger charge is -2.34. The molecule has 3 aliphatic rings. The van der Waals surface area contributed by atoms with E-state index in [1.54, 1.807) is 40.9 Å². The van der Waals surface area contributed by atoms with Crippen LogP contribution in [0, 0.1) is 11.8 Å². The standard InChI is InChI=1S/C24H33N3O5S/c1-4-32-16-8-6-15(7-9-16)26-21(29)18-17-10-11-24(33-17)19(18)23(31)27(12-5-13-28)20(24)22(30)25-14(2)3/h6-9,14,17-20,28H,4-5,10-13H2,1-3H3,(H,25,30)(H,26,29)/t17-,18+,19+,20?,24?/m1/s1. The van der Waals surface area contributed by atoms with Crippen molar-refractivity contribution in [2.24, 2.45) is 11.8 Å². The lowest BCUT2D eigenvalue weighted by atomic mass is 9.70. The van der Waals surface area contributed by atoms with E-state index in [0.29, 0.717) is 25.3 Å². The van der Waals surface area contributed by atoms with Crippen LogP contribution in [-0.4, -0.2) is 69.6 Å². The molecule has 0 radical (unpaired) electrons. The van der Waals surface area contributed by atoms with Gasteiger partial charge in [-0.1, -0.05) is 0 Å². The molecule has 3 fully saturated rings. The highest BCUT2D eigenvalue weighted by molar-refractivity contribution is 8.02. The molecule has 3 saturated heterocycles. The molecule has 3 amide bonds. The SMILES string of the molecule is CCOc1ccc(NC(=O)[C@@H]2[C@H]3C(=O)N(CCCO)C(C(=O)NC(C)C)C34CC[C@H]2S4)cc1. The first kappa shape index (κ1) is 23.9. The zero-order valence-corrected chi connectivity index (χ0v) is 20.2. The van der Waals surface area contributed by atoms with Crippen LogP contribution in [0.4, 0.5) is 5.69 Å². The lowest BCUT2D eigenvalue weighted by Crippen LogP contribution is -2.54. The molecule has 180 valence electrons. The Morgan fingerprint density at radius 1 is 1.27 bits per heavy atom. The Balaban J connectivity index is 1.59. The number of fused-ring (bicyclic) bond motifs is 1. The number of likely N-dealkylation sites (tertiary alicyclic amines) is 1. The molecule has 1 aromatic carbocycles. The van der Waals surface area contributed by atoms with E-state index in [1.807, 2.05) is 20.8 Å². The number of anilines is 1. The maximum atomic E-state index is 13.6. The second-order valence-electron chi connectivity index (χ2n) is 9.27. The molecule has 3 heterocycles. The number of thioether (sulfide) groups is 1. The molecule has 0 aliphatic carbocycles. The Morgan fingerprint density at radius 2 is 2.00 bits per heavy atom. The number of rotatable bonds is 9. The van der Waals surface area contributed by atoms with Gasteiger partial charge in [-0.15, -0.1) is 11.8 Å². The number of nitrogens with one attached hydrogen (secondary N) is 2. The van der Waals surface area contributed by atoms with E-state index in [-0.39, 0.29) is 35.6 Å². The highest BCUT2D eigenvalue weighted by atomic mass is 32.2. The van der Waals surface area contributed by atoms with Crippen molar-refractivity contribution in [2.75, 3.05) is 25.1 Å². The van der Waals surface area contributed by atoms with Gasteiger partial charge in [0.2, 0.25) is 17.7 Å². The molecule has 1 spiro atoms. The number of carbonyl (C=O) groups excluding carboxylic acids is 3. The molecule has 5 atom stereocenters. The van der Waals surface area contributed by atoms with Crippen LogP contribution in [0.25, 0.3) is 0 Å². The van der Waals surface area contributed by atoms with Gasteiger partial charge in [0, 0.05) is 30.1 Å². The molecular weight excluding hydrogens is 442 g/mol. The van der Waals surface area contributed by atoms with Crippen molar-refractivity contribution in [1.82, 2.24) is 10.2 Å². The van der Waals surface area contributed by atoms with Gasteiger partial charge >= 0.3 is 0 Å². The van der Waals surface area contributed by atoms with E-state index in [2.05, 4.69) is 10.6 Å². The number of benzene rings is 1. The largest absolute Gasteiger partial charge is 0.494 e. The summed E-state index contributed by atoms with van der Waals surface area (Å²) in [5.41, 5.74) is 0.655. The van der Waals surface area contributed by atoms with Gasteiger partial charge in [-0.3, -0.25) is 14.4 Å². The maximum Gasteiger partial charge on any atom is 0.244 e. The van der Waals surface area contributed by atoms with E-state index < -0.39 is 22.6 Å². The molecule has 0 aromatic heterocycles. The van der Waals surface area contributed by atoms with Crippen molar-refractivity contribution in [3.63, 3.8) is 0 Å². The van der Waals surface area contributed by atoms with Crippen molar-refractivity contribution in [2.45, 2.75) is 62.1 Å². The summed E-state index contributed by atoms with van der Waals surface area (Å²) in [6.45, 7) is 6.52. The fourth-order valence-electron chi connectivity index (χ4n) is 5.63. The van der Waals surface area contributed by atoms with Crippen molar-refractivity contribution in [3.8, 4) is 5.75 Å². The van der Waals surface area contributed by atoms with Crippen LogP contribution in [0.5, 0.6) is 5.75 Å². The highest BCUT2D eigenvalue weighted by Crippen LogP contribution is 2.66. The molecule has 0 saturated carbocycles. The van der Waals surface area contributed by atoms with Crippen molar-refractivity contribution in [1.29, 1.82) is 0 Å². The minimum atomic E-state index is -0.623. The third-order valence-corrected chi connectivity index (χ3v) is 8.72. The van der Waals surface area contributed by atoms with E-state index in [9.17, 15) is 19.5 Å². The van der Waals surface area contributed by atoms with Gasteiger partial charge in [-0.2, -0.15) is 0 Å². The Hall–Kier alpha value is -2.26. The van der Waals surface area contributed by atoms with Gasteiger partial charge in [0.1, 0.15) is 11.8 Å². The number of nitrogens with zero attached hydrogens (tertiary/aromatic N) is 1. The predicted octanol–water partition coefficient (Wildman–Crippen LogP) is 2.02. The van der Waals surface area contributed by atoms with Gasteiger partial charge in [0.15, 0.2) is 0 Å².